The van der Waals surface area contributed by atoms with Gasteiger partial charge in [-0.2, -0.15) is 13.2 Å². The number of carbonyl (C=O) groups is 2. The first-order valence-electron chi connectivity index (χ1n) is 10.7. The monoisotopic (exact) mass is 458 g/mol. The zero-order valence-corrected chi connectivity index (χ0v) is 17.9. The van der Waals surface area contributed by atoms with Crippen LogP contribution in [0.5, 0.6) is 5.75 Å². The van der Waals surface area contributed by atoms with E-state index in [-0.39, 0.29) is 17.9 Å². The highest BCUT2D eigenvalue weighted by Crippen LogP contribution is 2.35. The largest absolute Gasteiger partial charge is 0.497 e. The normalized spacial score (nSPS) is 25.3. The molecule has 0 aromatic heterocycles. The molecule has 0 spiro atoms. The number of hydrogen-bond acceptors (Lipinski definition) is 5. The molecule has 1 aromatic carbocycles. The summed E-state index contributed by atoms with van der Waals surface area (Å²) in [7, 11) is 1.69. The number of benzene rings is 1. The van der Waals surface area contributed by atoms with Gasteiger partial charge >= 0.3 is 12.1 Å². The van der Waals surface area contributed by atoms with Crippen molar-refractivity contribution in [3.05, 3.63) is 29.8 Å². The molecule has 3 atom stereocenters. The number of amides is 1. The number of fused-ring (bicyclic) bond motifs is 1. The van der Waals surface area contributed by atoms with E-state index < -0.39 is 12.1 Å². The van der Waals surface area contributed by atoms with Crippen LogP contribution < -0.4 is 10.1 Å². The van der Waals surface area contributed by atoms with Gasteiger partial charge in [0.1, 0.15) is 5.75 Å². The molecular formula is C22H29F3N2O5. The average molecular weight is 458 g/mol. The lowest BCUT2D eigenvalue weighted by Gasteiger charge is -2.37. The lowest BCUT2D eigenvalue weighted by atomic mass is 10.1. The number of nitrogens with one attached hydrogen (secondary N) is 1. The van der Waals surface area contributed by atoms with Crippen molar-refractivity contribution in [2.45, 2.75) is 50.6 Å². The number of morpholine rings is 1. The molecule has 3 fully saturated rings. The Hall–Kier alpha value is -2.33. The fourth-order valence-electron chi connectivity index (χ4n) is 4.11. The van der Waals surface area contributed by atoms with E-state index in [1.807, 2.05) is 12.1 Å². The molecule has 0 radical (unpaired) electrons. The highest BCUT2D eigenvalue weighted by molar-refractivity contribution is 5.79. The van der Waals surface area contributed by atoms with Crippen LogP contribution in [0, 0.1) is 11.8 Å². The summed E-state index contributed by atoms with van der Waals surface area (Å²) < 4.78 is 43.0. The van der Waals surface area contributed by atoms with Gasteiger partial charge < -0.3 is 19.9 Å². The number of alkyl halides is 3. The first-order chi connectivity index (χ1) is 15.2. The van der Waals surface area contributed by atoms with Crippen molar-refractivity contribution in [3.8, 4) is 5.75 Å². The van der Waals surface area contributed by atoms with Crippen molar-refractivity contribution >= 4 is 11.9 Å². The molecule has 1 saturated heterocycles. The second-order valence-electron chi connectivity index (χ2n) is 8.45. The maximum atomic E-state index is 12.5. The van der Waals surface area contributed by atoms with Crippen LogP contribution in [0.3, 0.4) is 0 Å². The second-order valence-corrected chi connectivity index (χ2v) is 8.45. The Bertz CT molecular complexity index is 783. The third kappa shape index (κ3) is 6.83. The quantitative estimate of drug-likeness (QED) is 0.682. The maximum Gasteiger partial charge on any atom is 0.490 e. The molecule has 7 nitrogen and oxygen atoms in total. The molecule has 4 rings (SSSR count). The molecule has 3 aliphatic rings. The highest BCUT2D eigenvalue weighted by atomic mass is 19.4. The van der Waals surface area contributed by atoms with E-state index in [2.05, 4.69) is 22.3 Å². The molecule has 10 heteroatoms. The van der Waals surface area contributed by atoms with Crippen LogP contribution >= 0.6 is 0 Å². The van der Waals surface area contributed by atoms with Gasteiger partial charge in [0.05, 0.1) is 19.8 Å². The topological polar surface area (TPSA) is 88.1 Å². The summed E-state index contributed by atoms with van der Waals surface area (Å²) >= 11 is 0. The summed E-state index contributed by atoms with van der Waals surface area (Å²) in [6, 6.07) is 8.62. The van der Waals surface area contributed by atoms with Crippen molar-refractivity contribution < 1.29 is 37.3 Å². The fourth-order valence-corrected chi connectivity index (χ4v) is 4.11. The van der Waals surface area contributed by atoms with Gasteiger partial charge in [0.25, 0.3) is 0 Å². The van der Waals surface area contributed by atoms with E-state index >= 15 is 0 Å². The molecule has 1 aromatic rings. The average Bonchev–Trinajstić information content (AvgIpc) is 3.48. The molecule has 0 unspecified atom stereocenters. The summed E-state index contributed by atoms with van der Waals surface area (Å²) in [6.45, 7) is 3.46. The Morgan fingerprint density at radius 3 is 2.44 bits per heavy atom. The first kappa shape index (κ1) is 24.3. The molecule has 1 heterocycles. The molecule has 2 aliphatic carbocycles. The summed E-state index contributed by atoms with van der Waals surface area (Å²) in [5.74, 6) is -0.806. The van der Waals surface area contributed by atoms with Crippen molar-refractivity contribution in [1.82, 2.24) is 10.2 Å². The molecular weight excluding hydrogens is 429 g/mol. The van der Waals surface area contributed by atoms with E-state index in [9.17, 15) is 18.0 Å². The van der Waals surface area contributed by atoms with Gasteiger partial charge in [0.2, 0.25) is 5.91 Å². The Morgan fingerprint density at radius 1 is 1.22 bits per heavy atom. The number of hydrogen-bond donors (Lipinski definition) is 2. The van der Waals surface area contributed by atoms with E-state index in [4.69, 9.17) is 19.4 Å². The van der Waals surface area contributed by atoms with Crippen LogP contribution in [0.4, 0.5) is 13.2 Å². The lowest BCUT2D eigenvalue weighted by Crippen LogP contribution is -2.47. The van der Waals surface area contributed by atoms with Crippen LogP contribution in [0.1, 0.15) is 31.2 Å². The third-order valence-electron chi connectivity index (χ3n) is 6.07. The number of carbonyl (C=O) groups excluding carboxylic acids is 1. The zero-order chi connectivity index (χ0) is 23.3. The number of ether oxygens (including phenoxy) is 2. The van der Waals surface area contributed by atoms with Gasteiger partial charge in [-0.3, -0.25) is 9.69 Å². The van der Waals surface area contributed by atoms with Crippen molar-refractivity contribution in [3.63, 3.8) is 0 Å². The first-order valence-corrected chi connectivity index (χ1v) is 10.7. The van der Waals surface area contributed by atoms with Gasteiger partial charge in [-0.25, -0.2) is 4.79 Å². The predicted molar refractivity (Wildman–Crippen MR) is 109 cm³/mol. The summed E-state index contributed by atoms with van der Waals surface area (Å²) in [5, 5.41) is 10.3. The van der Waals surface area contributed by atoms with Crippen molar-refractivity contribution in [1.29, 1.82) is 0 Å². The molecule has 0 bridgehead atoms. The smallest absolute Gasteiger partial charge is 0.490 e. The standard InChI is InChI=1S/C20H28N2O3.C2HF3O2/c1-24-17-6-4-15(5-7-17)13-22-8-9-25-19-11-16(10-18(19)22)20(23)21-12-14-2-3-14;3-2(4,5)1(6)7/h4-7,14,16,18-19H,2-3,8-13H2,1H3,(H,21,23);(H,6,7)/t16-,18+,19+;/m0./s1. The minimum Gasteiger partial charge on any atom is -0.497 e. The number of methoxy groups -OCH3 is 1. The Morgan fingerprint density at radius 2 is 1.88 bits per heavy atom. The van der Waals surface area contributed by atoms with Crippen LogP contribution in [0.2, 0.25) is 0 Å². The lowest BCUT2D eigenvalue weighted by molar-refractivity contribution is -0.192. The van der Waals surface area contributed by atoms with E-state index in [0.29, 0.717) is 6.04 Å². The Labute approximate surface area is 184 Å². The highest BCUT2D eigenvalue weighted by Gasteiger charge is 2.43. The van der Waals surface area contributed by atoms with Crippen molar-refractivity contribution in [2.24, 2.45) is 11.8 Å². The summed E-state index contributed by atoms with van der Waals surface area (Å²) in [4.78, 5) is 23.8. The zero-order valence-electron chi connectivity index (χ0n) is 17.9. The molecule has 178 valence electrons. The van der Waals surface area contributed by atoms with E-state index in [1.54, 1.807) is 7.11 Å². The number of aliphatic carboxylic acids is 1. The van der Waals surface area contributed by atoms with Crippen LogP contribution in [0.15, 0.2) is 24.3 Å². The van der Waals surface area contributed by atoms with Gasteiger partial charge in [-0.15, -0.1) is 0 Å². The number of carboxylic acid groups (broad SMARTS) is 1. The molecule has 2 N–H and O–H groups in total. The van der Waals surface area contributed by atoms with E-state index in [1.165, 1.54) is 18.4 Å². The number of rotatable bonds is 6. The van der Waals surface area contributed by atoms with Gasteiger partial charge in [-0.1, -0.05) is 12.1 Å². The maximum absolute atomic E-state index is 12.5. The summed E-state index contributed by atoms with van der Waals surface area (Å²) in [5.41, 5.74) is 1.28. The summed E-state index contributed by atoms with van der Waals surface area (Å²) in [6.07, 6.45) is -0.565. The molecule has 1 amide bonds. The third-order valence-corrected chi connectivity index (χ3v) is 6.07. The van der Waals surface area contributed by atoms with Crippen LogP contribution in [0.25, 0.3) is 0 Å². The Kier molecular flexibility index (Phi) is 8.00. The van der Waals surface area contributed by atoms with E-state index in [0.717, 1.165) is 50.8 Å². The van der Waals surface area contributed by atoms with Crippen LogP contribution in [-0.4, -0.2) is 67.0 Å². The Balaban J connectivity index is 0.000000360. The number of halogens is 3. The fraction of sp³-hybridized carbons (Fsp3) is 0.636. The van der Waals surface area contributed by atoms with Gasteiger partial charge in [0.15, 0.2) is 0 Å². The predicted octanol–water partition coefficient (Wildman–Crippen LogP) is 2.83. The minimum atomic E-state index is -5.08. The minimum absolute atomic E-state index is 0.102. The molecule has 1 aliphatic heterocycles. The van der Waals surface area contributed by atoms with Crippen molar-refractivity contribution in [2.75, 3.05) is 26.8 Å². The molecule has 32 heavy (non-hydrogen) atoms. The van der Waals surface area contributed by atoms with Gasteiger partial charge in [-0.05, 0) is 49.3 Å². The second kappa shape index (κ2) is 10.5. The molecule has 2 saturated carbocycles. The number of nitrogens with zero attached hydrogens (tertiary/aromatic N) is 1. The number of carboxylic acids is 1. The van der Waals surface area contributed by atoms with Crippen LogP contribution in [-0.2, 0) is 20.9 Å². The SMILES string of the molecule is COc1ccc(CN2CCO[C@@H]3C[C@@H](C(=O)NCC4CC4)C[C@H]32)cc1.O=C(O)C(F)(F)F. The van der Waals surface area contributed by atoms with Gasteiger partial charge in [0, 0.05) is 31.6 Å².